The number of halogens is 3. The van der Waals surface area contributed by atoms with E-state index in [0.717, 1.165) is 22.7 Å². The Labute approximate surface area is 195 Å². The maximum atomic E-state index is 13.1. The van der Waals surface area contributed by atoms with Crippen LogP contribution in [0.15, 0.2) is 58.9 Å². The zero-order valence-electron chi connectivity index (χ0n) is 16.6. The van der Waals surface area contributed by atoms with Gasteiger partial charge in [0.05, 0.1) is 29.2 Å². The highest BCUT2D eigenvalue weighted by Crippen LogP contribution is 2.34. The van der Waals surface area contributed by atoms with Gasteiger partial charge in [-0.25, -0.2) is 4.68 Å². The molecule has 0 aliphatic rings. The highest BCUT2D eigenvalue weighted by molar-refractivity contribution is 8.01. The lowest BCUT2D eigenvalue weighted by Gasteiger charge is -2.18. The summed E-state index contributed by atoms with van der Waals surface area (Å²) in [6.07, 6.45) is -4.60. The lowest BCUT2D eigenvalue weighted by Crippen LogP contribution is -2.36. The fourth-order valence-electron chi connectivity index (χ4n) is 2.62. The Morgan fingerprint density at radius 3 is 2.50 bits per heavy atom. The number of likely N-dealkylation sites (N-methyl/N-ethyl adjacent to an activating group) is 1. The Balaban J connectivity index is 1.56. The molecule has 0 spiro atoms. The van der Waals surface area contributed by atoms with Crippen molar-refractivity contribution in [2.75, 3.05) is 24.7 Å². The predicted octanol–water partition coefficient (Wildman–Crippen LogP) is 4.87. The van der Waals surface area contributed by atoms with Gasteiger partial charge in [0.15, 0.2) is 8.29 Å². The van der Waals surface area contributed by atoms with Crippen molar-refractivity contribution in [1.82, 2.24) is 14.7 Å². The molecular formula is C20H17F3N4O2S3. The average molecular weight is 499 g/mol. The first-order valence-corrected chi connectivity index (χ1v) is 11.3. The van der Waals surface area contributed by atoms with E-state index >= 15 is 0 Å². The number of hydrogen-bond donors (Lipinski definition) is 1. The monoisotopic (exact) mass is 498 g/mol. The molecule has 2 aromatic carbocycles. The minimum Gasteiger partial charge on any atom is -0.336 e. The van der Waals surface area contributed by atoms with Crippen LogP contribution in [-0.4, -0.2) is 45.8 Å². The predicted molar refractivity (Wildman–Crippen MR) is 121 cm³/mol. The van der Waals surface area contributed by atoms with Crippen LogP contribution >= 0.6 is 35.3 Å². The summed E-state index contributed by atoms with van der Waals surface area (Å²) in [5.41, 5.74) is -0.501. The molecule has 2 amide bonds. The van der Waals surface area contributed by atoms with E-state index in [1.807, 2.05) is 30.3 Å². The summed E-state index contributed by atoms with van der Waals surface area (Å²) in [5.74, 6) is -1.10. The first kappa shape index (κ1) is 24.0. The number of nitrogens with one attached hydrogen (secondary N) is 1. The SMILES string of the molecule is CN(CC(=O)Nc1ccccc1C(F)(F)F)C(=O)CSc1nn(-c2ccccc2)c(=S)s1. The minimum atomic E-state index is -4.60. The van der Waals surface area contributed by atoms with Crippen molar-refractivity contribution in [3.8, 4) is 5.69 Å². The van der Waals surface area contributed by atoms with Crippen LogP contribution in [0.4, 0.5) is 18.9 Å². The Morgan fingerprint density at radius 1 is 1.16 bits per heavy atom. The number of thioether (sulfide) groups is 1. The van der Waals surface area contributed by atoms with Gasteiger partial charge in [-0.15, -0.1) is 5.10 Å². The van der Waals surface area contributed by atoms with Crippen LogP contribution in [0.3, 0.4) is 0 Å². The van der Waals surface area contributed by atoms with Crippen LogP contribution in [-0.2, 0) is 15.8 Å². The van der Waals surface area contributed by atoms with E-state index < -0.39 is 17.6 Å². The fraction of sp³-hybridized carbons (Fsp3) is 0.200. The van der Waals surface area contributed by atoms with Crippen molar-refractivity contribution < 1.29 is 22.8 Å². The third-order valence-electron chi connectivity index (χ3n) is 4.16. The van der Waals surface area contributed by atoms with Crippen LogP contribution in [0, 0.1) is 3.95 Å². The van der Waals surface area contributed by atoms with Crippen LogP contribution in [0.1, 0.15) is 5.56 Å². The summed E-state index contributed by atoms with van der Waals surface area (Å²) in [6, 6.07) is 14.0. The van der Waals surface area contributed by atoms with Gasteiger partial charge in [-0.05, 0) is 36.5 Å². The Hall–Kier alpha value is -2.70. The highest BCUT2D eigenvalue weighted by Gasteiger charge is 2.33. The van der Waals surface area contributed by atoms with Gasteiger partial charge in [-0.3, -0.25) is 9.59 Å². The number of rotatable bonds is 7. The van der Waals surface area contributed by atoms with Crippen molar-refractivity contribution in [2.45, 2.75) is 10.5 Å². The van der Waals surface area contributed by atoms with Gasteiger partial charge < -0.3 is 10.2 Å². The number of carbonyl (C=O) groups is 2. The summed E-state index contributed by atoms with van der Waals surface area (Å²) in [7, 11) is 1.41. The van der Waals surface area contributed by atoms with Crippen molar-refractivity contribution in [3.63, 3.8) is 0 Å². The molecule has 0 aliphatic heterocycles. The maximum absolute atomic E-state index is 13.1. The van der Waals surface area contributed by atoms with Gasteiger partial charge in [0.25, 0.3) is 0 Å². The quantitative estimate of drug-likeness (QED) is 0.372. The van der Waals surface area contributed by atoms with E-state index in [1.54, 1.807) is 4.68 Å². The molecule has 0 radical (unpaired) electrons. The van der Waals surface area contributed by atoms with Gasteiger partial charge in [0.1, 0.15) is 0 Å². The van der Waals surface area contributed by atoms with Crippen LogP contribution in [0.25, 0.3) is 5.69 Å². The molecule has 0 atom stereocenters. The number of alkyl halides is 3. The molecule has 0 bridgehead atoms. The van der Waals surface area contributed by atoms with Crippen molar-refractivity contribution in [3.05, 3.63) is 64.1 Å². The van der Waals surface area contributed by atoms with Gasteiger partial charge >= 0.3 is 6.18 Å². The molecule has 0 saturated heterocycles. The molecule has 0 saturated carbocycles. The first-order chi connectivity index (χ1) is 15.1. The molecule has 168 valence electrons. The molecule has 3 aromatic rings. The van der Waals surface area contributed by atoms with E-state index in [0.29, 0.717) is 8.29 Å². The normalized spacial score (nSPS) is 11.2. The highest BCUT2D eigenvalue weighted by atomic mass is 32.2. The third kappa shape index (κ3) is 6.17. The number of para-hydroxylation sites is 2. The molecule has 32 heavy (non-hydrogen) atoms. The van der Waals surface area contributed by atoms with E-state index in [2.05, 4.69) is 10.4 Å². The summed E-state index contributed by atoms with van der Waals surface area (Å²) >= 11 is 7.75. The van der Waals surface area contributed by atoms with Crippen LogP contribution in [0.2, 0.25) is 0 Å². The van der Waals surface area contributed by atoms with E-state index in [1.165, 1.54) is 42.3 Å². The van der Waals surface area contributed by atoms with Gasteiger partial charge in [-0.2, -0.15) is 13.2 Å². The molecule has 3 rings (SSSR count). The fourth-order valence-corrected chi connectivity index (χ4v) is 4.92. The summed E-state index contributed by atoms with van der Waals surface area (Å²) in [6.45, 7) is -0.389. The molecule has 1 heterocycles. The largest absolute Gasteiger partial charge is 0.418 e. The standard InChI is InChI=1S/C20H17F3N4O2S3/c1-26(11-16(28)24-15-10-6-5-9-14(15)20(21,22)23)17(29)12-31-18-25-27(19(30)32-18)13-7-3-2-4-8-13/h2-10H,11-12H2,1H3,(H,24,28). The second-order valence-corrected chi connectivity index (χ2v) is 9.36. The second-order valence-electron chi connectivity index (χ2n) is 6.51. The third-order valence-corrected chi connectivity index (χ3v) is 6.51. The van der Waals surface area contributed by atoms with Gasteiger partial charge in [0, 0.05) is 7.05 Å². The molecule has 1 aromatic heterocycles. The molecule has 6 nitrogen and oxygen atoms in total. The van der Waals surface area contributed by atoms with Crippen molar-refractivity contribution in [1.29, 1.82) is 0 Å². The van der Waals surface area contributed by atoms with Crippen LogP contribution < -0.4 is 5.32 Å². The number of carbonyl (C=O) groups excluding carboxylic acids is 2. The Kier molecular flexibility index (Phi) is 7.69. The maximum Gasteiger partial charge on any atom is 0.418 e. The molecule has 1 N–H and O–H groups in total. The smallest absolute Gasteiger partial charge is 0.336 e. The van der Waals surface area contributed by atoms with E-state index in [9.17, 15) is 22.8 Å². The van der Waals surface area contributed by atoms with Gasteiger partial charge in [0.2, 0.25) is 11.8 Å². The van der Waals surface area contributed by atoms with Crippen molar-refractivity contribution >= 4 is 52.8 Å². The summed E-state index contributed by atoms with van der Waals surface area (Å²) in [5, 5.41) is 6.62. The Bertz CT molecular complexity index is 1160. The summed E-state index contributed by atoms with van der Waals surface area (Å²) in [4.78, 5) is 25.7. The van der Waals surface area contributed by atoms with Crippen LogP contribution in [0.5, 0.6) is 0 Å². The zero-order chi connectivity index (χ0) is 23.3. The second kappa shape index (κ2) is 10.3. The number of aromatic nitrogens is 2. The number of hydrogen-bond acceptors (Lipinski definition) is 6. The van der Waals surface area contributed by atoms with E-state index in [-0.39, 0.29) is 23.9 Å². The topological polar surface area (TPSA) is 67.2 Å². The average Bonchev–Trinajstić information content (AvgIpc) is 3.12. The number of amides is 2. The lowest BCUT2D eigenvalue weighted by molar-refractivity contribution is -0.137. The molecule has 0 aliphatic carbocycles. The first-order valence-electron chi connectivity index (χ1n) is 9.13. The number of nitrogens with zero attached hydrogens (tertiary/aromatic N) is 3. The van der Waals surface area contributed by atoms with E-state index in [4.69, 9.17) is 12.2 Å². The lowest BCUT2D eigenvalue weighted by atomic mass is 10.1. The molecule has 0 fully saturated rings. The van der Waals surface area contributed by atoms with Crippen molar-refractivity contribution in [2.24, 2.45) is 0 Å². The van der Waals surface area contributed by atoms with Gasteiger partial charge in [-0.1, -0.05) is 53.4 Å². The minimum absolute atomic E-state index is 0.00000551. The Morgan fingerprint density at radius 2 is 1.81 bits per heavy atom. The molecular weight excluding hydrogens is 481 g/mol. The number of benzene rings is 2. The zero-order valence-corrected chi connectivity index (χ0v) is 19.1. The summed E-state index contributed by atoms with van der Waals surface area (Å²) < 4.78 is 41.9. The molecule has 12 heteroatoms. The molecule has 0 unspecified atom stereocenters. The number of anilines is 1.